The number of halogens is 4. The lowest BCUT2D eigenvalue weighted by Crippen LogP contribution is -2.54. The van der Waals surface area contributed by atoms with Gasteiger partial charge in [0.15, 0.2) is 0 Å². The molecule has 0 unspecified atom stereocenters. The maximum absolute atomic E-state index is 13.9. The molecule has 0 saturated carbocycles. The molecule has 2 fully saturated rings. The van der Waals surface area contributed by atoms with Gasteiger partial charge in [0.25, 0.3) is 11.8 Å². The van der Waals surface area contributed by atoms with Crippen LogP contribution in [0.15, 0.2) is 97.1 Å². The lowest BCUT2D eigenvalue weighted by molar-refractivity contribution is -0.138. The van der Waals surface area contributed by atoms with Crippen LogP contribution in [0.3, 0.4) is 0 Å². The molecule has 2 atom stereocenters. The Kier molecular flexibility index (Phi) is 13.3. The van der Waals surface area contributed by atoms with E-state index in [4.69, 9.17) is 28.9 Å². The third kappa shape index (κ3) is 9.61. The molecule has 2 aliphatic rings. The van der Waals surface area contributed by atoms with Crippen LogP contribution in [0.5, 0.6) is 0 Å². The molecular formula is C40H43Cl2F2N7O5. The van der Waals surface area contributed by atoms with Gasteiger partial charge in [-0.3, -0.25) is 34.5 Å². The number of carbonyl (C=O) groups is 4. The van der Waals surface area contributed by atoms with Crippen molar-refractivity contribution in [2.75, 3.05) is 36.2 Å². The Morgan fingerprint density at radius 2 is 1.16 bits per heavy atom. The Balaban J connectivity index is 0.000000216. The van der Waals surface area contributed by atoms with Crippen LogP contribution >= 0.6 is 23.2 Å². The fraction of sp³-hybridized carbons (Fsp3) is 0.300. The lowest BCUT2D eigenvalue weighted by Gasteiger charge is -2.42. The van der Waals surface area contributed by atoms with Crippen molar-refractivity contribution in [1.29, 1.82) is 0 Å². The maximum Gasteiger partial charge on any atom is 0.408 e. The summed E-state index contributed by atoms with van der Waals surface area (Å²) in [6.07, 6.45) is 0.151. The molecule has 6 rings (SSSR count). The predicted octanol–water partition coefficient (Wildman–Crippen LogP) is 7.80. The van der Waals surface area contributed by atoms with Gasteiger partial charge in [-0.25, -0.2) is 18.4 Å². The Labute approximate surface area is 333 Å². The zero-order chi connectivity index (χ0) is 40.7. The minimum atomic E-state index is -1.20. The number of urea groups is 1. The van der Waals surface area contributed by atoms with Crippen LogP contribution in [0.4, 0.5) is 29.7 Å². The summed E-state index contributed by atoms with van der Waals surface area (Å²) in [7, 11) is 0. The van der Waals surface area contributed by atoms with E-state index in [1.807, 2.05) is 12.1 Å². The van der Waals surface area contributed by atoms with Gasteiger partial charge in [-0.15, -0.1) is 0 Å². The molecular weight excluding hydrogens is 767 g/mol. The van der Waals surface area contributed by atoms with E-state index in [1.54, 1.807) is 79.3 Å². The minimum absolute atomic E-state index is 0.318. The first-order chi connectivity index (χ1) is 26.6. The number of amides is 5. The van der Waals surface area contributed by atoms with Crippen molar-refractivity contribution in [1.82, 2.24) is 20.2 Å². The average molecular weight is 811 g/mol. The highest BCUT2D eigenvalue weighted by atomic mass is 35.5. The zero-order valence-electron chi connectivity index (χ0n) is 31.0. The van der Waals surface area contributed by atoms with E-state index in [0.29, 0.717) is 71.6 Å². The number of carboxylic acid groups (broad SMARTS) is 1. The number of rotatable bonds is 8. The van der Waals surface area contributed by atoms with Crippen molar-refractivity contribution in [2.24, 2.45) is 5.73 Å². The summed E-state index contributed by atoms with van der Waals surface area (Å²) >= 11 is 12.5. The quantitative estimate of drug-likeness (QED) is 0.165. The van der Waals surface area contributed by atoms with Gasteiger partial charge in [-0.1, -0.05) is 83.9 Å². The summed E-state index contributed by atoms with van der Waals surface area (Å²) in [6.45, 7) is 7.02. The monoisotopic (exact) mass is 809 g/mol. The topological polar surface area (TPSA) is 143 Å². The number of benzene rings is 4. The summed E-state index contributed by atoms with van der Waals surface area (Å²) in [5.41, 5.74) is 6.38. The van der Waals surface area contributed by atoms with Crippen LogP contribution in [0.25, 0.3) is 0 Å². The molecule has 4 aromatic carbocycles. The number of primary amides is 1. The highest BCUT2D eigenvalue weighted by Crippen LogP contribution is 2.36. The standard InChI is InChI=1S/C22H25ClFN3O3.C18H18ClFN4O2/c1-22(2,3)27(21(29)30)19(15-8-5-4-6-9-15)20(28)26-13-7-12-25(26)18-14-16(24)10-11-17(18)23;19-14-8-7-13(20)11-15(14)23-9-4-10-24(23)17(25)16(22-18(21)26)12-5-2-1-3-6-12/h4-6,8-11,14,19H,7,12-13H2,1-3H3,(H,29,30);1-3,5-8,11,16H,4,9-10H2,(H3,21,22,26)/t19-;16-/m00/s1. The fourth-order valence-corrected chi connectivity index (χ4v) is 7.17. The number of nitrogens with two attached hydrogens (primary N) is 1. The first kappa shape index (κ1) is 41.6. The van der Waals surface area contributed by atoms with Crippen LogP contribution in [0.1, 0.15) is 56.8 Å². The molecule has 0 radical (unpaired) electrons. The van der Waals surface area contributed by atoms with Gasteiger partial charge in [0.1, 0.15) is 23.7 Å². The van der Waals surface area contributed by atoms with E-state index in [1.165, 1.54) is 46.4 Å². The molecule has 4 N–H and O–H groups in total. The van der Waals surface area contributed by atoms with Crippen LogP contribution < -0.4 is 21.1 Å². The smallest absolute Gasteiger partial charge is 0.408 e. The highest BCUT2D eigenvalue weighted by molar-refractivity contribution is 6.33. The zero-order valence-corrected chi connectivity index (χ0v) is 32.6. The van der Waals surface area contributed by atoms with Crippen LogP contribution in [0, 0.1) is 11.6 Å². The molecule has 0 bridgehead atoms. The van der Waals surface area contributed by atoms with Crippen molar-refractivity contribution in [3.63, 3.8) is 0 Å². The number of nitrogens with zero attached hydrogens (tertiary/aromatic N) is 5. The second-order valence-corrected chi connectivity index (χ2v) is 14.9. The number of hydrazine groups is 2. The second-order valence-electron chi connectivity index (χ2n) is 14.1. The van der Waals surface area contributed by atoms with Gasteiger partial charge in [-0.05, 0) is 69.0 Å². The second kappa shape index (κ2) is 17.9. The molecule has 2 saturated heterocycles. The van der Waals surface area contributed by atoms with Crippen LogP contribution in [-0.4, -0.2) is 75.7 Å². The molecule has 5 amide bonds. The lowest BCUT2D eigenvalue weighted by atomic mass is 9.97. The summed E-state index contributed by atoms with van der Waals surface area (Å²) in [5.74, 6) is -1.68. The van der Waals surface area contributed by atoms with Gasteiger partial charge in [0.2, 0.25) is 0 Å². The molecule has 2 aliphatic heterocycles. The van der Waals surface area contributed by atoms with Gasteiger partial charge in [0.05, 0.1) is 21.4 Å². The summed E-state index contributed by atoms with van der Waals surface area (Å²) in [6, 6.07) is 22.8. The molecule has 56 heavy (non-hydrogen) atoms. The van der Waals surface area contributed by atoms with Gasteiger partial charge in [-0.2, -0.15) is 0 Å². The van der Waals surface area contributed by atoms with Crippen molar-refractivity contribution in [2.45, 2.75) is 51.2 Å². The van der Waals surface area contributed by atoms with Gasteiger partial charge in [0, 0.05) is 43.9 Å². The number of nitrogens with one attached hydrogen (secondary N) is 1. The third-order valence-corrected chi connectivity index (χ3v) is 9.79. The number of anilines is 2. The van der Waals surface area contributed by atoms with Crippen molar-refractivity contribution in [3.8, 4) is 0 Å². The average Bonchev–Trinajstić information content (AvgIpc) is 3.85. The van der Waals surface area contributed by atoms with E-state index < -0.39 is 47.3 Å². The fourth-order valence-electron chi connectivity index (χ4n) is 6.74. The molecule has 2 heterocycles. The Morgan fingerprint density at radius 3 is 1.59 bits per heavy atom. The van der Waals surface area contributed by atoms with Gasteiger partial charge >= 0.3 is 12.1 Å². The minimum Gasteiger partial charge on any atom is -0.465 e. The van der Waals surface area contributed by atoms with E-state index in [9.17, 15) is 33.1 Å². The number of hydrogen-bond donors (Lipinski definition) is 3. The van der Waals surface area contributed by atoms with Crippen LogP contribution in [0.2, 0.25) is 10.0 Å². The van der Waals surface area contributed by atoms with Gasteiger partial charge < -0.3 is 16.2 Å². The Morgan fingerprint density at radius 1 is 0.714 bits per heavy atom. The normalized spacial score (nSPS) is 15.1. The molecule has 12 nitrogen and oxygen atoms in total. The largest absolute Gasteiger partial charge is 0.465 e. The molecule has 4 aromatic rings. The van der Waals surface area contributed by atoms with Crippen molar-refractivity contribution >= 4 is 58.5 Å². The Bertz CT molecular complexity index is 2040. The van der Waals surface area contributed by atoms with Crippen molar-refractivity contribution in [3.05, 3.63) is 130 Å². The summed E-state index contributed by atoms with van der Waals surface area (Å²) < 4.78 is 27.5. The highest BCUT2D eigenvalue weighted by Gasteiger charge is 2.43. The predicted molar refractivity (Wildman–Crippen MR) is 211 cm³/mol. The van der Waals surface area contributed by atoms with Crippen molar-refractivity contribution < 1.29 is 33.1 Å². The van der Waals surface area contributed by atoms with E-state index in [0.717, 1.165) is 4.90 Å². The summed E-state index contributed by atoms with van der Waals surface area (Å²) in [4.78, 5) is 51.7. The third-order valence-electron chi connectivity index (χ3n) is 9.15. The molecule has 16 heteroatoms. The SMILES string of the molecule is CC(C)(C)N(C(=O)O)[C@H](C(=O)N1CCCN1c1cc(F)ccc1Cl)c1ccccc1.NC(=O)N[C@H](C(=O)N1CCCN1c1cc(F)ccc1Cl)c1ccccc1. The Hall–Kier alpha value is -5.60. The molecule has 0 aliphatic carbocycles. The molecule has 0 spiro atoms. The first-order valence-corrected chi connectivity index (χ1v) is 18.6. The van der Waals surface area contributed by atoms with Crippen LogP contribution in [-0.2, 0) is 9.59 Å². The number of carbonyl (C=O) groups excluding carboxylic acids is 3. The molecule has 0 aromatic heterocycles. The number of hydrogen-bond acceptors (Lipinski definition) is 6. The molecule has 296 valence electrons. The van der Waals surface area contributed by atoms with E-state index >= 15 is 0 Å². The summed E-state index contributed by atoms with van der Waals surface area (Å²) in [5, 5.41) is 19.3. The van der Waals surface area contributed by atoms with E-state index in [-0.39, 0.29) is 5.91 Å². The van der Waals surface area contributed by atoms with E-state index in [2.05, 4.69) is 5.32 Å². The first-order valence-electron chi connectivity index (χ1n) is 17.8. The maximum atomic E-state index is 13.9.